The Labute approximate surface area is 70.4 Å². The van der Waals surface area contributed by atoms with Crippen LogP contribution < -0.4 is 0 Å². The van der Waals surface area contributed by atoms with Crippen LogP contribution in [-0.2, 0) is 4.79 Å². The van der Waals surface area contributed by atoms with Crippen molar-refractivity contribution in [1.82, 2.24) is 0 Å². The van der Waals surface area contributed by atoms with Gasteiger partial charge >= 0.3 is 0 Å². The fraction of sp³-hybridized carbons (Fsp3) is 0.125. The molecule has 1 aromatic rings. The molecule has 2 nitrogen and oxygen atoms in total. The molecule has 3 heteroatoms. The maximum absolute atomic E-state index is 8.36. The molecule has 0 spiro atoms. The van der Waals surface area contributed by atoms with E-state index < -0.39 is 0 Å². The second-order valence-corrected chi connectivity index (χ2v) is 2.34. The number of hydrogen-bond acceptors (Lipinski definition) is 1. The lowest BCUT2D eigenvalue weighted by atomic mass is 10.2. The van der Waals surface area contributed by atoms with Crippen molar-refractivity contribution >= 4 is 18.1 Å². The second-order valence-electron chi connectivity index (χ2n) is 1.90. The Morgan fingerprint density at radius 3 is 2.36 bits per heavy atom. The highest BCUT2D eigenvalue weighted by Crippen LogP contribution is 2.08. The van der Waals surface area contributed by atoms with Crippen LogP contribution in [0.15, 0.2) is 24.3 Å². The Hall–Kier alpha value is -1.02. The van der Waals surface area contributed by atoms with Crippen LogP contribution in [-0.4, -0.2) is 11.6 Å². The Balaban J connectivity index is 0.000000292. The van der Waals surface area contributed by atoms with Gasteiger partial charge in [0, 0.05) is 5.02 Å². The van der Waals surface area contributed by atoms with Gasteiger partial charge in [-0.2, -0.15) is 0 Å². The summed E-state index contributed by atoms with van der Waals surface area (Å²) in [4.78, 5) is 8.36. The van der Waals surface area contributed by atoms with Gasteiger partial charge in [0.05, 0.1) is 0 Å². The minimum atomic E-state index is -0.250. The molecule has 0 bridgehead atoms. The van der Waals surface area contributed by atoms with Gasteiger partial charge in [0.1, 0.15) is 0 Å². The van der Waals surface area contributed by atoms with Crippen molar-refractivity contribution in [2.75, 3.05) is 0 Å². The smallest absolute Gasteiger partial charge is 0.290 e. The van der Waals surface area contributed by atoms with Crippen LogP contribution in [0.1, 0.15) is 5.56 Å². The summed E-state index contributed by atoms with van der Waals surface area (Å²) in [6, 6.07) is 7.76. The van der Waals surface area contributed by atoms with Crippen molar-refractivity contribution < 1.29 is 9.90 Å². The second kappa shape index (κ2) is 5.74. The lowest BCUT2D eigenvalue weighted by Gasteiger charge is -1.88. The molecule has 1 aromatic carbocycles. The molecule has 60 valence electrons. The van der Waals surface area contributed by atoms with E-state index in [4.69, 9.17) is 21.5 Å². The summed E-state index contributed by atoms with van der Waals surface area (Å²) in [7, 11) is 0. The number of hydrogen-bond donors (Lipinski definition) is 1. The molecule has 0 radical (unpaired) electrons. The monoisotopic (exact) mass is 172 g/mol. The summed E-state index contributed by atoms with van der Waals surface area (Å²) in [6.45, 7) is 1.77. The minimum Gasteiger partial charge on any atom is -0.483 e. The van der Waals surface area contributed by atoms with Crippen molar-refractivity contribution in [1.29, 1.82) is 0 Å². The molecule has 0 unspecified atom stereocenters. The van der Waals surface area contributed by atoms with E-state index in [1.807, 2.05) is 31.2 Å². The molecule has 0 amide bonds. The van der Waals surface area contributed by atoms with Crippen molar-refractivity contribution in [2.24, 2.45) is 0 Å². The molecule has 0 saturated carbocycles. The zero-order chi connectivity index (χ0) is 8.69. The van der Waals surface area contributed by atoms with Gasteiger partial charge in [-0.3, -0.25) is 4.79 Å². The topological polar surface area (TPSA) is 37.3 Å². The first-order chi connectivity index (χ1) is 5.20. The fourth-order valence-electron chi connectivity index (χ4n) is 0.606. The molecule has 0 saturated heterocycles. The lowest BCUT2D eigenvalue weighted by Crippen LogP contribution is -1.66. The predicted molar refractivity (Wildman–Crippen MR) is 44.9 cm³/mol. The van der Waals surface area contributed by atoms with Gasteiger partial charge < -0.3 is 5.11 Å². The Morgan fingerprint density at radius 1 is 1.55 bits per heavy atom. The Morgan fingerprint density at radius 2 is 2.09 bits per heavy atom. The molecule has 0 heterocycles. The summed E-state index contributed by atoms with van der Waals surface area (Å²) >= 11 is 5.64. The van der Waals surface area contributed by atoms with E-state index in [9.17, 15) is 0 Å². The zero-order valence-electron chi connectivity index (χ0n) is 6.12. The Bertz CT molecular complexity index is 206. The van der Waals surface area contributed by atoms with Gasteiger partial charge in [0.15, 0.2) is 0 Å². The standard InChI is InChI=1S/C7H7Cl.CH2O2/c1-6-3-2-4-7(8)5-6;2-1-3/h2-5H,1H3;1H,(H,2,3). The molecule has 0 aromatic heterocycles. The highest BCUT2D eigenvalue weighted by atomic mass is 35.5. The maximum Gasteiger partial charge on any atom is 0.290 e. The van der Waals surface area contributed by atoms with E-state index in [1.165, 1.54) is 5.56 Å². The third-order valence-electron chi connectivity index (χ3n) is 0.980. The van der Waals surface area contributed by atoms with Crippen molar-refractivity contribution in [3.05, 3.63) is 34.9 Å². The summed E-state index contributed by atoms with van der Waals surface area (Å²) in [5, 5.41) is 7.70. The van der Waals surface area contributed by atoms with Crippen molar-refractivity contribution in [3.8, 4) is 0 Å². The van der Waals surface area contributed by atoms with E-state index >= 15 is 0 Å². The highest BCUT2D eigenvalue weighted by Gasteiger charge is 1.82. The largest absolute Gasteiger partial charge is 0.483 e. The molecule has 0 atom stereocenters. The number of carbonyl (C=O) groups is 1. The molecule has 11 heavy (non-hydrogen) atoms. The van der Waals surface area contributed by atoms with Gasteiger partial charge in [0.25, 0.3) is 6.47 Å². The van der Waals surface area contributed by atoms with Crippen LogP contribution in [0, 0.1) is 6.92 Å². The maximum atomic E-state index is 8.36. The van der Waals surface area contributed by atoms with E-state index in [2.05, 4.69) is 0 Å². The summed E-state index contributed by atoms with van der Waals surface area (Å²) in [5.74, 6) is 0. The first-order valence-electron chi connectivity index (χ1n) is 3.00. The molecule has 0 aliphatic carbocycles. The number of benzene rings is 1. The third kappa shape index (κ3) is 5.43. The van der Waals surface area contributed by atoms with Crippen LogP contribution in [0.25, 0.3) is 0 Å². The average Bonchev–Trinajstić information content (AvgIpc) is 1.88. The molecule has 1 rings (SSSR count). The van der Waals surface area contributed by atoms with Gasteiger partial charge in [-0.05, 0) is 24.6 Å². The molecule has 0 fully saturated rings. The molecule has 1 N–H and O–H groups in total. The summed E-state index contributed by atoms with van der Waals surface area (Å²) in [5.41, 5.74) is 1.21. The van der Waals surface area contributed by atoms with E-state index in [-0.39, 0.29) is 6.47 Å². The highest BCUT2D eigenvalue weighted by molar-refractivity contribution is 6.30. The van der Waals surface area contributed by atoms with Crippen LogP contribution >= 0.6 is 11.6 Å². The zero-order valence-corrected chi connectivity index (χ0v) is 6.88. The van der Waals surface area contributed by atoms with Gasteiger partial charge in [-0.25, -0.2) is 0 Å². The van der Waals surface area contributed by atoms with Gasteiger partial charge in [0.2, 0.25) is 0 Å². The minimum absolute atomic E-state index is 0.250. The first-order valence-corrected chi connectivity index (χ1v) is 3.38. The van der Waals surface area contributed by atoms with E-state index in [0.29, 0.717) is 0 Å². The van der Waals surface area contributed by atoms with Gasteiger partial charge in [-0.1, -0.05) is 23.7 Å². The van der Waals surface area contributed by atoms with Gasteiger partial charge in [-0.15, -0.1) is 0 Å². The normalized spacial score (nSPS) is 7.82. The van der Waals surface area contributed by atoms with Crippen LogP contribution in [0.5, 0.6) is 0 Å². The molecular formula is C8H9ClO2. The van der Waals surface area contributed by atoms with E-state index in [1.54, 1.807) is 0 Å². The molecule has 0 aliphatic rings. The molecule has 0 aliphatic heterocycles. The van der Waals surface area contributed by atoms with Crippen LogP contribution in [0.3, 0.4) is 0 Å². The van der Waals surface area contributed by atoms with Crippen molar-refractivity contribution in [3.63, 3.8) is 0 Å². The van der Waals surface area contributed by atoms with E-state index in [0.717, 1.165) is 5.02 Å². The fourth-order valence-corrected chi connectivity index (χ4v) is 0.850. The number of aryl methyl sites for hydroxylation is 1. The quantitative estimate of drug-likeness (QED) is 0.610. The third-order valence-corrected chi connectivity index (χ3v) is 1.22. The SMILES string of the molecule is Cc1cccc(Cl)c1.O=CO. The number of rotatable bonds is 0. The molecular weight excluding hydrogens is 164 g/mol. The number of carboxylic acid groups (broad SMARTS) is 1. The first kappa shape index (κ1) is 9.98. The number of halogens is 1. The van der Waals surface area contributed by atoms with Crippen molar-refractivity contribution in [2.45, 2.75) is 6.92 Å². The summed E-state index contributed by atoms with van der Waals surface area (Å²) < 4.78 is 0. The average molecular weight is 173 g/mol. The van der Waals surface area contributed by atoms with Crippen LogP contribution in [0.2, 0.25) is 5.02 Å². The van der Waals surface area contributed by atoms with Crippen LogP contribution in [0.4, 0.5) is 0 Å². The Kier molecular flexibility index (Phi) is 5.21. The predicted octanol–water partition coefficient (Wildman–Crippen LogP) is 2.35. The summed E-state index contributed by atoms with van der Waals surface area (Å²) in [6.07, 6.45) is 0. The lowest BCUT2D eigenvalue weighted by molar-refractivity contribution is -0.122.